The van der Waals surface area contributed by atoms with Gasteiger partial charge in [0.25, 0.3) is 0 Å². The lowest BCUT2D eigenvalue weighted by molar-refractivity contribution is 1.43. The van der Waals surface area contributed by atoms with Crippen LogP contribution in [0.2, 0.25) is 0 Å². The molecule has 0 rings (SSSR count). The van der Waals surface area contributed by atoms with Crippen molar-refractivity contribution in [3.05, 3.63) is 0 Å². The Balaban J connectivity index is -0.000000160. The molecule has 0 nitrogen and oxygen atoms in total. The maximum atomic E-state index is 4.66. The molecule has 0 aliphatic rings. The Kier molecular flexibility index (Phi) is 26.9. The van der Waals surface area contributed by atoms with Crippen molar-refractivity contribution in [1.82, 2.24) is 0 Å². The molecule has 0 saturated heterocycles. The highest BCUT2D eigenvalue weighted by Crippen LogP contribution is 2.15. The van der Waals surface area contributed by atoms with Gasteiger partial charge < -0.3 is 0 Å². The summed E-state index contributed by atoms with van der Waals surface area (Å²) in [5.41, 5.74) is 0. The summed E-state index contributed by atoms with van der Waals surface area (Å²) in [4.78, 5) is 0. The molecule has 0 amide bonds. The summed E-state index contributed by atoms with van der Waals surface area (Å²) in [5, 5.41) is 0. The van der Waals surface area contributed by atoms with Crippen molar-refractivity contribution in [1.29, 1.82) is 0 Å². The van der Waals surface area contributed by atoms with Crippen molar-refractivity contribution in [2.45, 2.75) is 25.4 Å². The lowest BCUT2D eigenvalue weighted by atomic mass is 11.0. The molecule has 0 aromatic rings. The summed E-state index contributed by atoms with van der Waals surface area (Å²) in [6.45, 7) is 6.04. The van der Waals surface area contributed by atoms with Gasteiger partial charge in [0.1, 0.15) is 0 Å². The molecule has 0 aromatic heterocycles. The van der Waals surface area contributed by atoms with Gasteiger partial charge in [0.15, 0.2) is 0 Å². The van der Waals surface area contributed by atoms with Crippen molar-refractivity contribution in [3.8, 4) is 0 Å². The minimum Gasteiger partial charge on any atom is -0.151 e. The molecule has 0 aliphatic carbocycles. The van der Waals surface area contributed by atoms with Crippen LogP contribution in [0.15, 0.2) is 0 Å². The van der Waals surface area contributed by atoms with Gasteiger partial charge in [-0.15, -0.1) is 23.5 Å². The minimum atomic E-state index is 0.769. The molecule has 0 bridgehead atoms. The van der Waals surface area contributed by atoms with Crippen LogP contribution in [0, 0.1) is 0 Å². The molecule has 0 spiro atoms. The number of hydrogen-bond donors (Lipinski definition) is 0. The summed E-state index contributed by atoms with van der Waals surface area (Å²) >= 11 is 16.3. The third-order valence-corrected chi connectivity index (χ3v) is 5.87. The van der Waals surface area contributed by atoms with E-state index < -0.39 is 0 Å². The first-order valence-corrected chi connectivity index (χ1v) is 10.3. The van der Waals surface area contributed by atoms with Crippen molar-refractivity contribution in [2.24, 2.45) is 0 Å². The lowest BCUT2D eigenvalue weighted by Crippen LogP contribution is -1.81. The Morgan fingerprint density at radius 1 is 0.812 bits per heavy atom. The Hall–Kier alpha value is 1.58. The molecule has 0 saturated carbocycles. The van der Waals surface area contributed by atoms with E-state index in [0.717, 1.165) is 13.0 Å². The zero-order valence-electron chi connectivity index (χ0n) is 11.0. The molecule has 0 heterocycles. The number of hydrogen-bond acceptors (Lipinski definition) is 6. The fraction of sp³-hybridized carbons (Fsp3) is 0.800. The Bertz CT molecular complexity index is 151. The van der Waals surface area contributed by atoms with E-state index in [1.165, 1.54) is 0 Å². The Morgan fingerprint density at radius 3 is 1.00 bits per heavy atom. The molecule has 16 heavy (non-hydrogen) atoms. The maximum absolute atomic E-state index is 4.66. The summed E-state index contributed by atoms with van der Waals surface area (Å²) in [6.07, 6.45) is 8.20. The van der Waals surface area contributed by atoms with E-state index in [1.807, 2.05) is 49.9 Å². The zero-order chi connectivity index (χ0) is 13.6. The second-order valence-electron chi connectivity index (χ2n) is 2.43. The van der Waals surface area contributed by atoms with E-state index >= 15 is 0 Å². The minimum absolute atomic E-state index is 0.769. The number of rotatable bonds is 2. The second kappa shape index (κ2) is 18.9. The van der Waals surface area contributed by atoms with Crippen LogP contribution in [-0.4, -0.2) is 38.0 Å². The highest BCUT2D eigenvalue weighted by Gasteiger charge is 1.89. The van der Waals surface area contributed by atoms with Crippen molar-refractivity contribution in [3.63, 3.8) is 0 Å². The molecule has 0 N–H and O–H groups in total. The van der Waals surface area contributed by atoms with E-state index in [9.17, 15) is 0 Å². The van der Waals surface area contributed by atoms with Gasteiger partial charge in [-0.2, -0.15) is 23.5 Å². The molecule has 0 atom stereocenters. The van der Waals surface area contributed by atoms with Gasteiger partial charge in [-0.05, 0) is 45.8 Å². The van der Waals surface area contributed by atoms with Crippen LogP contribution < -0.4 is 0 Å². The SMILES string of the molecule is CSC(C)=S.CSC(C)=S.CSC(C)SC. The predicted octanol–water partition coefficient (Wildman–Crippen LogP) is 5.45. The standard InChI is InChI=1S/C4H10S2.2C3H6S2/c1-4(5-2)6-3;2*1-3(4)5-2/h4H,1-3H3;2*1-2H3. The van der Waals surface area contributed by atoms with Crippen LogP contribution in [0.3, 0.4) is 0 Å². The van der Waals surface area contributed by atoms with Crippen molar-refractivity contribution < 1.29 is 0 Å². The third kappa shape index (κ3) is 36.1. The van der Waals surface area contributed by atoms with Gasteiger partial charge in [0.05, 0.1) is 0 Å². The molecule has 98 valence electrons. The predicted molar refractivity (Wildman–Crippen MR) is 100 cm³/mol. The van der Waals surface area contributed by atoms with Crippen LogP contribution in [0.25, 0.3) is 0 Å². The topological polar surface area (TPSA) is 0 Å². The highest BCUT2D eigenvalue weighted by atomic mass is 32.2. The number of thiocarbonyl (C=S) groups is 2. The van der Waals surface area contributed by atoms with Gasteiger partial charge in [0, 0.05) is 13.0 Å². The average molecular weight is 335 g/mol. The summed E-state index contributed by atoms with van der Waals surface area (Å²) in [5.74, 6) is 0. The van der Waals surface area contributed by atoms with Gasteiger partial charge in [0.2, 0.25) is 0 Å². The van der Waals surface area contributed by atoms with Gasteiger partial charge in [-0.1, -0.05) is 24.4 Å². The Labute approximate surface area is 129 Å². The maximum Gasteiger partial charge on any atom is 0.0468 e. The van der Waals surface area contributed by atoms with Crippen LogP contribution in [-0.2, 0) is 0 Å². The quantitative estimate of drug-likeness (QED) is 0.483. The summed E-state index contributed by atoms with van der Waals surface area (Å²) < 4.78 is 2.78. The van der Waals surface area contributed by atoms with Gasteiger partial charge in [-0.3, -0.25) is 0 Å². The summed E-state index contributed by atoms with van der Waals surface area (Å²) in [7, 11) is 0. The van der Waals surface area contributed by atoms with E-state index in [1.54, 1.807) is 23.5 Å². The van der Waals surface area contributed by atoms with Gasteiger partial charge >= 0.3 is 0 Å². The van der Waals surface area contributed by atoms with Crippen LogP contribution in [0.5, 0.6) is 0 Å². The van der Waals surface area contributed by atoms with Crippen LogP contribution in [0.1, 0.15) is 20.8 Å². The first-order chi connectivity index (χ1) is 7.35. The normalized spacial score (nSPS) is 8.50. The summed E-state index contributed by atoms with van der Waals surface area (Å²) in [6, 6.07) is 0. The molecular formula is C10H22S6. The molecular weight excluding hydrogens is 313 g/mol. The fourth-order valence-corrected chi connectivity index (χ4v) is 0.866. The monoisotopic (exact) mass is 334 g/mol. The highest BCUT2D eigenvalue weighted by molar-refractivity contribution is 8.22. The second-order valence-corrected chi connectivity index (χ2v) is 8.87. The molecule has 0 radical (unpaired) electrons. The van der Waals surface area contributed by atoms with E-state index in [-0.39, 0.29) is 0 Å². The average Bonchev–Trinajstić information content (AvgIpc) is 2.29. The Morgan fingerprint density at radius 2 is 1.00 bits per heavy atom. The third-order valence-electron chi connectivity index (χ3n) is 1.24. The first-order valence-electron chi connectivity index (χ1n) is 4.50. The van der Waals surface area contributed by atoms with Crippen LogP contribution >= 0.6 is 71.5 Å². The molecule has 6 heteroatoms. The number of thioether (sulfide) groups is 4. The fourth-order valence-electron chi connectivity index (χ4n) is 0.0962. The molecule has 0 unspecified atom stereocenters. The zero-order valence-corrected chi connectivity index (χ0v) is 15.9. The van der Waals surface area contributed by atoms with Gasteiger partial charge in [-0.25, -0.2) is 0 Å². The molecule has 0 aromatic carbocycles. The van der Waals surface area contributed by atoms with E-state index in [4.69, 9.17) is 0 Å². The van der Waals surface area contributed by atoms with E-state index in [2.05, 4.69) is 43.9 Å². The molecule has 0 aliphatic heterocycles. The molecule has 0 fully saturated rings. The van der Waals surface area contributed by atoms with Crippen molar-refractivity contribution >= 4 is 79.9 Å². The smallest absolute Gasteiger partial charge is 0.0468 e. The largest absolute Gasteiger partial charge is 0.151 e. The van der Waals surface area contributed by atoms with Crippen LogP contribution in [0.4, 0.5) is 0 Å². The van der Waals surface area contributed by atoms with Crippen molar-refractivity contribution in [2.75, 3.05) is 25.0 Å². The van der Waals surface area contributed by atoms with E-state index in [0.29, 0.717) is 0 Å². The lowest BCUT2D eigenvalue weighted by Gasteiger charge is -1.98. The first kappa shape index (κ1) is 22.7.